The SMILES string of the molecule is CCC(OCCOC)C12CC(C)CC(C1)N2C(=O)Nc1ccc(Cl)c(-n2nccn2)c1. The molecule has 0 radical (unpaired) electrons. The second-order valence-corrected chi connectivity index (χ2v) is 8.96. The van der Waals surface area contributed by atoms with Crippen molar-refractivity contribution >= 4 is 23.3 Å². The van der Waals surface area contributed by atoms with Crippen molar-refractivity contribution in [2.75, 3.05) is 25.6 Å². The average molecular weight is 448 g/mol. The van der Waals surface area contributed by atoms with Gasteiger partial charge in [0.25, 0.3) is 0 Å². The molecule has 1 aromatic heterocycles. The first kappa shape index (κ1) is 22.0. The van der Waals surface area contributed by atoms with Crippen molar-refractivity contribution in [3.05, 3.63) is 35.6 Å². The number of nitrogens with zero attached hydrogens (tertiary/aromatic N) is 4. The van der Waals surface area contributed by atoms with Gasteiger partial charge in [0.05, 0.1) is 42.3 Å². The molecule has 1 aliphatic heterocycles. The Morgan fingerprint density at radius 1 is 1.32 bits per heavy atom. The van der Waals surface area contributed by atoms with Gasteiger partial charge in [-0.25, -0.2) is 4.79 Å². The molecule has 168 valence electrons. The minimum Gasteiger partial charge on any atom is -0.382 e. The van der Waals surface area contributed by atoms with Crippen molar-refractivity contribution in [2.24, 2.45) is 5.92 Å². The maximum atomic E-state index is 13.4. The molecule has 4 rings (SSSR count). The van der Waals surface area contributed by atoms with E-state index >= 15 is 0 Å². The molecule has 1 aliphatic carbocycles. The lowest BCUT2D eigenvalue weighted by molar-refractivity contribution is -0.173. The van der Waals surface area contributed by atoms with Crippen molar-refractivity contribution in [2.45, 2.75) is 57.2 Å². The maximum absolute atomic E-state index is 13.4. The molecule has 1 saturated heterocycles. The van der Waals surface area contributed by atoms with Crippen LogP contribution < -0.4 is 5.32 Å². The number of ether oxygens (including phenoxy) is 2. The van der Waals surface area contributed by atoms with Gasteiger partial charge in [-0.05, 0) is 49.8 Å². The maximum Gasteiger partial charge on any atom is 0.322 e. The Kier molecular flexibility index (Phi) is 6.50. The van der Waals surface area contributed by atoms with Gasteiger partial charge >= 0.3 is 6.03 Å². The topological polar surface area (TPSA) is 81.5 Å². The molecular formula is C22H30ClN5O3. The lowest BCUT2D eigenvalue weighted by atomic mass is 9.61. The molecule has 2 bridgehead atoms. The van der Waals surface area contributed by atoms with Gasteiger partial charge < -0.3 is 19.7 Å². The van der Waals surface area contributed by atoms with Gasteiger partial charge in [-0.1, -0.05) is 25.4 Å². The summed E-state index contributed by atoms with van der Waals surface area (Å²) in [6.45, 7) is 5.47. The van der Waals surface area contributed by atoms with E-state index in [0.29, 0.717) is 35.5 Å². The molecule has 1 N–H and O–H groups in total. The molecule has 4 unspecified atom stereocenters. The van der Waals surface area contributed by atoms with Crippen molar-refractivity contribution in [1.29, 1.82) is 0 Å². The predicted octanol–water partition coefficient (Wildman–Crippen LogP) is 4.14. The Labute approximate surface area is 187 Å². The van der Waals surface area contributed by atoms with Crippen molar-refractivity contribution < 1.29 is 14.3 Å². The van der Waals surface area contributed by atoms with E-state index in [-0.39, 0.29) is 23.7 Å². The Bertz CT molecular complexity index is 909. The van der Waals surface area contributed by atoms with Gasteiger partial charge in [0.2, 0.25) is 0 Å². The highest BCUT2D eigenvalue weighted by atomic mass is 35.5. The monoisotopic (exact) mass is 447 g/mol. The molecule has 31 heavy (non-hydrogen) atoms. The number of hydrogen-bond donors (Lipinski definition) is 1. The van der Waals surface area contributed by atoms with Crippen LogP contribution >= 0.6 is 11.6 Å². The zero-order valence-corrected chi connectivity index (χ0v) is 19.0. The molecule has 2 heterocycles. The standard InChI is InChI=1S/C22H30ClN5O3/c1-4-20(31-10-9-30-3)22-13-15(2)11-17(14-22)27(22)21(29)26-16-5-6-18(23)19(12-16)28-24-7-8-25-28/h5-8,12,15,17,20H,4,9-11,13-14H2,1-3H3,(H,26,29). The number of amides is 2. The van der Waals surface area contributed by atoms with Crippen LogP contribution in [-0.2, 0) is 9.47 Å². The summed E-state index contributed by atoms with van der Waals surface area (Å²) in [7, 11) is 1.67. The number of fused-ring (bicyclic) bond motifs is 2. The van der Waals surface area contributed by atoms with Crippen LogP contribution in [0.15, 0.2) is 30.6 Å². The van der Waals surface area contributed by atoms with E-state index in [1.165, 1.54) is 4.80 Å². The third-order valence-electron chi connectivity index (χ3n) is 6.44. The van der Waals surface area contributed by atoms with Crippen LogP contribution in [0.3, 0.4) is 0 Å². The number of piperidine rings is 1. The largest absolute Gasteiger partial charge is 0.382 e. The number of rotatable bonds is 8. The third-order valence-corrected chi connectivity index (χ3v) is 6.76. The molecule has 2 aliphatic rings. The number of nitrogens with one attached hydrogen (secondary N) is 1. The van der Waals surface area contributed by atoms with E-state index in [2.05, 4.69) is 29.4 Å². The molecule has 4 atom stereocenters. The summed E-state index contributed by atoms with van der Waals surface area (Å²) in [5.41, 5.74) is 1.00. The van der Waals surface area contributed by atoms with E-state index in [0.717, 1.165) is 25.7 Å². The second-order valence-electron chi connectivity index (χ2n) is 8.55. The third kappa shape index (κ3) is 4.16. The van der Waals surface area contributed by atoms with Gasteiger partial charge in [0.15, 0.2) is 0 Å². The summed E-state index contributed by atoms with van der Waals surface area (Å²) < 4.78 is 11.3. The normalized spacial score (nSPS) is 25.7. The Balaban J connectivity index is 1.54. The molecule has 1 saturated carbocycles. The Morgan fingerprint density at radius 3 is 2.81 bits per heavy atom. The minimum absolute atomic E-state index is 0.0125. The molecular weight excluding hydrogens is 418 g/mol. The molecule has 8 nitrogen and oxygen atoms in total. The zero-order valence-electron chi connectivity index (χ0n) is 18.3. The first-order chi connectivity index (χ1) is 15.0. The average Bonchev–Trinajstić information content (AvgIpc) is 3.26. The number of urea groups is 1. The van der Waals surface area contributed by atoms with Crippen LogP contribution in [0.4, 0.5) is 10.5 Å². The van der Waals surface area contributed by atoms with E-state index in [1.807, 2.05) is 4.90 Å². The Hall–Kier alpha value is -2.16. The smallest absolute Gasteiger partial charge is 0.322 e. The highest BCUT2D eigenvalue weighted by Crippen LogP contribution is 2.53. The first-order valence-electron chi connectivity index (χ1n) is 10.9. The number of hydrogen-bond acceptors (Lipinski definition) is 5. The number of likely N-dealkylation sites (tertiary alicyclic amines) is 1. The molecule has 9 heteroatoms. The summed E-state index contributed by atoms with van der Waals surface area (Å²) in [5.74, 6) is 0.566. The fourth-order valence-corrected chi connectivity index (χ4v) is 5.54. The second kappa shape index (κ2) is 9.14. The molecule has 1 aromatic carbocycles. The summed E-state index contributed by atoms with van der Waals surface area (Å²) in [6, 6.07) is 5.47. The van der Waals surface area contributed by atoms with Gasteiger partial charge in [-0.15, -0.1) is 0 Å². The number of halogens is 1. The number of methoxy groups -OCH3 is 1. The van der Waals surface area contributed by atoms with Crippen LogP contribution in [0, 0.1) is 5.92 Å². The molecule has 0 spiro atoms. The van der Waals surface area contributed by atoms with E-state index in [4.69, 9.17) is 21.1 Å². The number of benzene rings is 1. The summed E-state index contributed by atoms with van der Waals surface area (Å²) in [5, 5.41) is 11.9. The number of aromatic nitrogens is 3. The van der Waals surface area contributed by atoms with Crippen LogP contribution in [0.1, 0.15) is 39.5 Å². The van der Waals surface area contributed by atoms with Crippen molar-refractivity contribution in [1.82, 2.24) is 19.9 Å². The molecule has 2 amide bonds. The van der Waals surface area contributed by atoms with Crippen molar-refractivity contribution in [3.63, 3.8) is 0 Å². The van der Waals surface area contributed by atoms with E-state index in [9.17, 15) is 4.79 Å². The molecule has 2 fully saturated rings. The van der Waals surface area contributed by atoms with Gasteiger partial charge in [0.1, 0.15) is 5.69 Å². The van der Waals surface area contributed by atoms with E-state index < -0.39 is 0 Å². The number of anilines is 1. The minimum atomic E-state index is -0.270. The quantitative estimate of drug-likeness (QED) is 0.615. The summed E-state index contributed by atoms with van der Waals surface area (Å²) in [6.07, 6.45) is 6.96. The number of carbonyl (C=O) groups excluding carboxylic acids is 1. The van der Waals surface area contributed by atoms with Gasteiger partial charge in [-0.2, -0.15) is 15.0 Å². The van der Waals surface area contributed by atoms with Crippen LogP contribution in [0.5, 0.6) is 0 Å². The Morgan fingerprint density at radius 2 is 2.10 bits per heavy atom. The summed E-state index contributed by atoms with van der Waals surface area (Å²) in [4.78, 5) is 16.9. The fourth-order valence-electron chi connectivity index (χ4n) is 5.35. The lowest BCUT2D eigenvalue weighted by Crippen LogP contribution is -2.76. The highest BCUT2D eigenvalue weighted by molar-refractivity contribution is 6.32. The lowest BCUT2D eigenvalue weighted by Gasteiger charge is -2.65. The van der Waals surface area contributed by atoms with Crippen LogP contribution in [0.25, 0.3) is 5.69 Å². The summed E-state index contributed by atoms with van der Waals surface area (Å²) >= 11 is 6.31. The van der Waals surface area contributed by atoms with Crippen LogP contribution in [-0.4, -0.2) is 63.9 Å². The molecule has 2 aromatic rings. The highest BCUT2D eigenvalue weighted by Gasteiger charge is 2.61. The van der Waals surface area contributed by atoms with Gasteiger partial charge in [-0.3, -0.25) is 0 Å². The fraction of sp³-hybridized carbons (Fsp3) is 0.591. The zero-order chi connectivity index (χ0) is 22.0. The van der Waals surface area contributed by atoms with Crippen LogP contribution in [0.2, 0.25) is 5.02 Å². The van der Waals surface area contributed by atoms with E-state index in [1.54, 1.807) is 37.7 Å². The number of carbonyl (C=O) groups is 1. The predicted molar refractivity (Wildman–Crippen MR) is 119 cm³/mol. The first-order valence-corrected chi connectivity index (χ1v) is 11.2. The van der Waals surface area contributed by atoms with Gasteiger partial charge in [0, 0.05) is 18.8 Å². The van der Waals surface area contributed by atoms with Crippen molar-refractivity contribution in [3.8, 4) is 5.69 Å².